The molecule has 0 amide bonds. The van der Waals surface area contributed by atoms with Gasteiger partial charge in [-0.15, -0.1) is 0 Å². The number of hydrogen-bond donors (Lipinski definition) is 0. The van der Waals surface area contributed by atoms with Crippen LogP contribution in [-0.2, 0) is 18.6 Å². The van der Waals surface area contributed by atoms with E-state index in [4.69, 9.17) is 0 Å². The van der Waals surface area contributed by atoms with E-state index in [1.54, 1.807) is 0 Å². The molecule has 1 radical (unpaired) electrons. The summed E-state index contributed by atoms with van der Waals surface area (Å²) in [6.07, 6.45) is 0. The minimum absolute atomic E-state index is 0. The molecule has 0 nitrogen and oxygen atoms in total. The van der Waals surface area contributed by atoms with Crippen molar-refractivity contribution in [3.05, 3.63) is 11.9 Å². The van der Waals surface area contributed by atoms with Crippen molar-refractivity contribution in [2.24, 2.45) is 0 Å². The molecule has 2 heteroatoms. The Bertz CT molecular complexity index is 6.85. The van der Waals surface area contributed by atoms with E-state index in [-0.39, 0.29) is 26.0 Å². The Morgan fingerprint density at radius 2 is 1.60 bits per heavy atom. The van der Waals surface area contributed by atoms with E-state index in [1.807, 2.05) is 11.4 Å². The number of halogens is 1. The summed E-state index contributed by atoms with van der Waals surface area (Å²) in [7, 11) is 0. The molecule has 0 aliphatic rings. The van der Waals surface area contributed by atoms with Gasteiger partial charge in [0.1, 0.15) is 0 Å². The van der Waals surface area contributed by atoms with Gasteiger partial charge in [-0.1, -0.05) is 0 Å². The van der Waals surface area contributed by atoms with E-state index >= 15 is 0 Å². The van der Waals surface area contributed by atoms with E-state index < -0.39 is 0 Å². The third-order valence-corrected chi connectivity index (χ3v) is 0. The second-order valence-corrected chi connectivity index (χ2v) is 1.46. The molecule has 0 aromatic rings. The van der Waals surface area contributed by atoms with Crippen molar-refractivity contribution < 1.29 is 18.6 Å². The Morgan fingerprint density at radius 3 is 1.60 bits per heavy atom. The Morgan fingerprint density at radius 1 is 1.60 bits per heavy atom. The van der Waals surface area contributed by atoms with Crippen LogP contribution in [0.5, 0.6) is 0 Å². The van der Waals surface area contributed by atoms with Crippen molar-refractivity contribution in [2.45, 2.75) is 6.92 Å². The van der Waals surface area contributed by atoms with E-state index in [2.05, 4.69) is 22.6 Å². The molecule has 0 unspecified atom stereocenters. The summed E-state index contributed by atoms with van der Waals surface area (Å²) in [5, 5.41) is 0. The average Bonchev–Trinajstić information content (AvgIpc) is 0.918. The Labute approximate surface area is 59.7 Å². The predicted molar refractivity (Wildman–Crippen MR) is 30.4 cm³/mol. The second kappa shape index (κ2) is 18.5. The van der Waals surface area contributed by atoms with E-state index in [0.29, 0.717) is 0 Å². The van der Waals surface area contributed by atoms with Crippen molar-refractivity contribution in [1.82, 2.24) is 0 Å². The van der Waals surface area contributed by atoms with Crippen LogP contribution >= 0.6 is 22.6 Å². The van der Waals surface area contributed by atoms with Gasteiger partial charge >= 0.3 is 18.6 Å². The largest absolute Gasteiger partial charge is 2.00 e. The van der Waals surface area contributed by atoms with Gasteiger partial charge in [-0.05, 0) is 0 Å². The summed E-state index contributed by atoms with van der Waals surface area (Å²) in [4.78, 5) is 0. The maximum Gasteiger partial charge on any atom is 2.00 e. The molecule has 0 aromatic carbocycles. The van der Waals surface area contributed by atoms with E-state index in [0.717, 1.165) is 0 Å². The van der Waals surface area contributed by atoms with Crippen molar-refractivity contribution >= 4 is 22.6 Å². The van der Waals surface area contributed by atoms with Crippen molar-refractivity contribution in [1.29, 1.82) is 0 Å². The van der Waals surface area contributed by atoms with Crippen LogP contribution in [0.25, 0.3) is 0 Å². The van der Waals surface area contributed by atoms with E-state index in [9.17, 15) is 0 Å². The Hall–Kier alpha value is 1.31. The zero-order valence-electron chi connectivity index (χ0n) is 3.40. The predicted octanol–water partition coefficient (Wildman–Crippen LogP) is 2.05. The maximum absolute atomic E-state index is 2.16. The molecule has 5 heavy (non-hydrogen) atoms. The van der Waals surface area contributed by atoms with Gasteiger partial charge in [0, 0.05) is 0 Å². The van der Waals surface area contributed by atoms with Gasteiger partial charge in [-0.2, -0.15) is 6.92 Å². The normalized spacial score (nSPS) is 3.60. The number of hydrogen-bond acceptors (Lipinski definition) is 0. The summed E-state index contributed by atoms with van der Waals surface area (Å²) in [6.45, 7) is 1.99. The van der Waals surface area contributed by atoms with Crippen molar-refractivity contribution in [3.63, 3.8) is 0 Å². The molecule has 0 saturated heterocycles. The minimum Gasteiger partial charge on any atom is -0.358 e. The summed E-state index contributed by atoms with van der Waals surface area (Å²) in [5.41, 5.74) is 0. The molecule has 0 atom stereocenters. The van der Waals surface area contributed by atoms with Gasteiger partial charge in [-0.25, -0.2) is 0 Å². The molecule has 0 heterocycles. The van der Waals surface area contributed by atoms with E-state index in [1.165, 1.54) is 0 Å². The van der Waals surface area contributed by atoms with Crippen LogP contribution < -0.4 is 0 Å². The average molecular weight is 221 g/mol. The molecule has 0 N–H and O–H groups in total. The molecule has 0 spiro atoms. The number of rotatable bonds is 0. The second-order valence-electron chi connectivity index (χ2n) is 0.218. The Balaban J connectivity index is -0.0000000200. The summed E-state index contributed by atoms with van der Waals surface area (Å²) in [5.74, 6) is 0. The van der Waals surface area contributed by atoms with Gasteiger partial charge in [0.15, 0.2) is 0 Å². The first-order chi connectivity index (χ1) is 1.41. The van der Waals surface area contributed by atoms with Crippen LogP contribution in [0.3, 0.4) is 0 Å². The smallest absolute Gasteiger partial charge is 0.358 e. The molecule has 0 bridgehead atoms. The molecule has 0 aliphatic heterocycles. The van der Waals surface area contributed by atoms with Crippen LogP contribution in [-0.4, -0.2) is 0 Å². The first-order valence-corrected chi connectivity index (χ1v) is 2.04. The van der Waals surface area contributed by atoms with Gasteiger partial charge in [0.05, 0.1) is 0 Å². The fraction of sp³-hybridized carbons (Fsp3) is 0.333. The third kappa shape index (κ3) is 33.8. The first kappa shape index (κ1) is 16.2. The minimum atomic E-state index is 0. The van der Waals surface area contributed by atoms with Crippen LogP contribution in [0.15, 0.2) is 0 Å². The van der Waals surface area contributed by atoms with Gasteiger partial charge in [0.2, 0.25) is 0 Å². The molecular formula is C3H7IV. The monoisotopic (exact) mass is 221 g/mol. The van der Waals surface area contributed by atoms with Crippen LogP contribution in [0.4, 0.5) is 0 Å². The molecule has 0 fully saturated rings. The molecule has 31 valence electrons. The fourth-order valence-electron chi connectivity index (χ4n) is 0. The van der Waals surface area contributed by atoms with Gasteiger partial charge < -0.3 is 30.0 Å². The van der Waals surface area contributed by atoms with Crippen molar-refractivity contribution in [3.8, 4) is 0 Å². The SMILES string of the molecule is C[CH-]I.[CH3-].[V+2]. The zero-order valence-corrected chi connectivity index (χ0v) is 6.96. The topological polar surface area (TPSA) is 0 Å². The van der Waals surface area contributed by atoms with Crippen LogP contribution in [0.2, 0.25) is 0 Å². The molecule has 0 rings (SSSR count). The molecule has 0 aliphatic carbocycles. The van der Waals surface area contributed by atoms with Crippen molar-refractivity contribution in [2.75, 3.05) is 0 Å². The van der Waals surface area contributed by atoms with Gasteiger partial charge in [0.25, 0.3) is 0 Å². The first-order valence-electron chi connectivity index (χ1n) is 0.796. The Kier molecular flexibility index (Phi) is 60.0. The molecule has 0 aromatic heterocycles. The standard InChI is InChI=1S/C2H4I.CH3.V/c1-2-3;;/h2H,1H3;1H3;/q2*-1;+2. The van der Waals surface area contributed by atoms with Gasteiger partial charge in [-0.3, -0.25) is 4.43 Å². The molecular weight excluding hydrogens is 214 g/mol. The van der Waals surface area contributed by atoms with Crippen LogP contribution in [0, 0.1) is 11.9 Å². The quantitative estimate of drug-likeness (QED) is 0.433. The molecule has 0 saturated carbocycles. The summed E-state index contributed by atoms with van der Waals surface area (Å²) in [6, 6.07) is 0. The third-order valence-electron chi connectivity index (χ3n) is 0. The fourth-order valence-corrected chi connectivity index (χ4v) is 0. The maximum atomic E-state index is 2.16. The summed E-state index contributed by atoms with van der Waals surface area (Å²) >= 11 is 2.16. The zero-order chi connectivity index (χ0) is 2.71. The summed E-state index contributed by atoms with van der Waals surface area (Å²) < 4.78 is 1.97. The van der Waals surface area contributed by atoms with Crippen LogP contribution in [0.1, 0.15) is 6.92 Å².